The Bertz CT molecular complexity index is 1190. The highest BCUT2D eigenvalue weighted by molar-refractivity contribution is 7.92. The van der Waals surface area contributed by atoms with Crippen molar-refractivity contribution in [3.8, 4) is 5.75 Å². The van der Waals surface area contributed by atoms with Gasteiger partial charge >= 0.3 is 0 Å². The first-order valence-electron chi connectivity index (χ1n) is 9.54. The van der Waals surface area contributed by atoms with Crippen LogP contribution in [-0.4, -0.2) is 21.4 Å². The van der Waals surface area contributed by atoms with Crippen LogP contribution in [0, 0.1) is 6.92 Å². The summed E-state index contributed by atoms with van der Waals surface area (Å²) in [5, 5.41) is 3.02. The van der Waals surface area contributed by atoms with Gasteiger partial charge in [0.2, 0.25) is 0 Å². The molecule has 0 aliphatic carbocycles. The fourth-order valence-electron chi connectivity index (χ4n) is 3.07. The lowest BCUT2D eigenvalue weighted by atomic mass is 10.1. The quantitative estimate of drug-likeness (QED) is 0.524. The van der Waals surface area contributed by atoms with E-state index >= 15 is 0 Å². The summed E-state index contributed by atoms with van der Waals surface area (Å²) in [4.78, 5) is 12.9. The number of sulfonamides is 1. The molecule has 0 radical (unpaired) electrons. The Balaban J connectivity index is 1.75. The number of hydrogen-bond acceptors (Lipinski definition) is 4. The van der Waals surface area contributed by atoms with E-state index in [1.807, 2.05) is 38.1 Å². The van der Waals surface area contributed by atoms with E-state index in [-0.39, 0.29) is 33.1 Å². The lowest BCUT2D eigenvalue weighted by Crippen LogP contribution is -2.27. The third kappa shape index (κ3) is 5.37. The fourth-order valence-corrected chi connectivity index (χ4v) is 4.39. The van der Waals surface area contributed by atoms with Crippen LogP contribution in [0.1, 0.15) is 34.5 Å². The van der Waals surface area contributed by atoms with Crippen molar-refractivity contribution in [2.75, 3.05) is 11.8 Å². The molecule has 0 saturated carbocycles. The molecule has 0 heterocycles. The number of amides is 1. The lowest BCUT2D eigenvalue weighted by molar-refractivity contribution is 0.0939. The minimum absolute atomic E-state index is 0.133. The summed E-state index contributed by atoms with van der Waals surface area (Å²) < 4.78 is 32.9. The van der Waals surface area contributed by atoms with Gasteiger partial charge in [0.15, 0.2) is 0 Å². The van der Waals surface area contributed by atoms with Crippen LogP contribution in [0.15, 0.2) is 71.6 Å². The number of para-hydroxylation sites is 1. The minimum Gasteiger partial charge on any atom is -0.496 e. The smallest absolute Gasteiger partial charge is 0.261 e. The SMILES string of the molecule is COc1ccccc1C(C)NC(=O)c1ccc(NS(=O)(=O)c2ccc(C)cc2)cc1Cl. The Morgan fingerprint density at radius 3 is 2.35 bits per heavy atom. The molecule has 0 bridgehead atoms. The summed E-state index contributed by atoms with van der Waals surface area (Å²) in [6.45, 7) is 3.72. The maximum Gasteiger partial charge on any atom is 0.261 e. The number of anilines is 1. The zero-order valence-electron chi connectivity index (χ0n) is 17.3. The summed E-state index contributed by atoms with van der Waals surface area (Å²) in [7, 11) is -2.20. The zero-order chi connectivity index (χ0) is 22.6. The van der Waals surface area contributed by atoms with E-state index in [0.29, 0.717) is 5.75 Å². The van der Waals surface area contributed by atoms with Crippen LogP contribution < -0.4 is 14.8 Å². The van der Waals surface area contributed by atoms with Crippen molar-refractivity contribution in [3.05, 3.63) is 88.4 Å². The molecular formula is C23H23ClN2O4S. The Labute approximate surface area is 187 Å². The summed E-state index contributed by atoms with van der Waals surface area (Å²) in [5.74, 6) is 0.290. The number of methoxy groups -OCH3 is 1. The van der Waals surface area contributed by atoms with Crippen molar-refractivity contribution in [1.29, 1.82) is 0 Å². The van der Waals surface area contributed by atoms with E-state index in [1.54, 1.807) is 19.2 Å². The van der Waals surface area contributed by atoms with Crippen molar-refractivity contribution < 1.29 is 17.9 Å². The van der Waals surface area contributed by atoms with E-state index in [0.717, 1.165) is 11.1 Å². The van der Waals surface area contributed by atoms with Gasteiger partial charge in [0.05, 0.1) is 34.3 Å². The third-order valence-electron chi connectivity index (χ3n) is 4.75. The average Bonchev–Trinajstić information content (AvgIpc) is 2.73. The van der Waals surface area contributed by atoms with Crippen LogP contribution in [0.3, 0.4) is 0 Å². The third-order valence-corrected chi connectivity index (χ3v) is 6.46. The molecule has 2 N–H and O–H groups in total. The molecule has 8 heteroatoms. The molecule has 0 saturated heterocycles. The van der Waals surface area contributed by atoms with Gasteiger partial charge in [-0.3, -0.25) is 9.52 Å². The summed E-state index contributed by atoms with van der Waals surface area (Å²) in [6.07, 6.45) is 0. The highest BCUT2D eigenvalue weighted by Gasteiger charge is 2.19. The van der Waals surface area contributed by atoms with Crippen LogP contribution in [0.25, 0.3) is 0 Å². The predicted molar refractivity (Wildman–Crippen MR) is 122 cm³/mol. The number of carbonyl (C=O) groups is 1. The van der Waals surface area contributed by atoms with E-state index in [1.165, 1.54) is 30.3 Å². The first-order chi connectivity index (χ1) is 14.7. The summed E-state index contributed by atoms with van der Waals surface area (Å²) in [5.41, 5.74) is 2.29. The van der Waals surface area contributed by atoms with E-state index in [9.17, 15) is 13.2 Å². The number of ether oxygens (including phenoxy) is 1. The first kappa shape index (κ1) is 22.7. The minimum atomic E-state index is -3.77. The Morgan fingerprint density at radius 1 is 1.03 bits per heavy atom. The number of hydrogen-bond donors (Lipinski definition) is 2. The molecule has 1 atom stereocenters. The molecule has 0 fully saturated rings. The van der Waals surface area contributed by atoms with E-state index in [2.05, 4.69) is 10.0 Å². The maximum atomic E-state index is 12.7. The molecular weight excluding hydrogens is 436 g/mol. The standard InChI is InChI=1S/C23H23ClN2O4S/c1-15-8-11-18(12-9-15)31(28,29)26-17-10-13-20(21(24)14-17)23(27)25-16(2)19-6-4-5-7-22(19)30-3/h4-14,16,26H,1-3H3,(H,25,27). The molecule has 0 aliphatic heterocycles. The van der Waals surface area contributed by atoms with Crippen molar-refractivity contribution in [2.45, 2.75) is 24.8 Å². The Morgan fingerprint density at radius 2 is 1.71 bits per heavy atom. The topological polar surface area (TPSA) is 84.5 Å². The van der Waals surface area contributed by atoms with Gasteiger partial charge in [-0.25, -0.2) is 8.42 Å². The van der Waals surface area contributed by atoms with Crippen molar-refractivity contribution in [1.82, 2.24) is 5.32 Å². The Kier molecular flexibility index (Phi) is 6.87. The molecule has 0 spiro atoms. The van der Waals surface area contributed by atoms with E-state index in [4.69, 9.17) is 16.3 Å². The fraction of sp³-hybridized carbons (Fsp3) is 0.174. The van der Waals surface area contributed by atoms with Crippen molar-refractivity contribution in [2.24, 2.45) is 0 Å². The molecule has 3 aromatic rings. The van der Waals surface area contributed by atoms with Gasteiger partial charge in [-0.05, 0) is 50.2 Å². The zero-order valence-corrected chi connectivity index (χ0v) is 18.9. The molecule has 0 aliphatic rings. The number of rotatable bonds is 7. The lowest BCUT2D eigenvalue weighted by Gasteiger charge is -2.18. The maximum absolute atomic E-state index is 12.7. The van der Waals surface area contributed by atoms with Gasteiger partial charge < -0.3 is 10.1 Å². The number of carbonyl (C=O) groups excluding carboxylic acids is 1. The predicted octanol–water partition coefficient (Wildman–Crippen LogP) is 4.95. The normalized spacial score (nSPS) is 12.1. The molecule has 1 unspecified atom stereocenters. The first-order valence-corrected chi connectivity index (χ1v) is 11.4. The highest BCUT2D eigenvalue weighted by Crippen LogP contribution is 2.27. The van der Waals surface area contributed by atoms with Crippen LogP contribution >= 0.6 is 11.6 Å². The van der Waals surface area contributed by atoms with Gasteiger partial charge in [0.1, 0.15) is 5.75 Å². The highest BCUT2D eigenvalue weighted by atomic mass is 35.5. The summed E-state index contributed by atoms with van der Waals surface area (Å²) in [6, 6.07) is 18.0. The summed E-state index contributed by atoms with van der Waals surface area (Å²) >= 11 is 6.29. The van der Waals surface area contributed by atoms with Crippen LogP contribution in [0.4, 0.5) is 5.69 Å². The van der Waals surface area contributed by atoms with Crippen molar-refractivity contribution in [3.63, 3.8) is 0 Å². The van der Waals surface area contributed by atoms with Gasteiger partial charge in [0.25, 0.3) is 15.9 Å². The van der Waals surface area contributed by atoms with Crippen molar-refractivity contribution >= 4 is 33.2 Å². The van der Waals surface area contributed by atoms with Crippen LogP contribution in [0.5, 0.6) is 5.75 Å². The van der Waals surface area contributed by atoms with Crippen LogP contribution in [-0.2, 0) is 10.0 Å². The second-order valence-corrected chi connectivity index (χ2v) is 9.14. The molecule has 31 heavy (non-hydrogen) atoms. The molecule has 3 rings (SSSR count). The van der Waals surface area contributed by atoms with Crippen LogP contribution in [0.2, 0.25) is 5.02 Å². The number of halogens is 1. The number of nitrogens with one attached hydrogen (secondary N) is 2. The molecule has 3 aromatic carbocycles. The molecule has 0 aromatic heterocycles. The second kappa shape index (κ2) is 9.41. The monoisotopic (exact) mass is 458 g/mol. The van der Waals surface area contributed by atoms with Gasteiger partial charge in [-0.15, -0.1) is 0 Å². The number of benzene rings is 3. The second-order valence-electron chi connectivity index (χ2n) is 7.05. The van der Waals surface area contributed by atoms with Gasteiger partial charge in [0, 0.05) is 5.56 Å². The van der Waals surface area contributed by atoms with E-state index < -0.39 is 10.0 Å². The molecule has 1 amide bonds. The molecule has 6 nitrogen and oxygen atoms in total. The Hall–Kier alpha value is -3.03. The van der Waals surface area contributed by atoms with Gasteiger partial charge in [-0.2, -0.15) is 0 Å². The van der Waals surface area contributed by atoms with Gasteiger partial charge in [-0.1, -0.05) is 47.5 Å². The molecule has 162 valence electrons. The largest absolute Gasteiger partial charge is 0.496 e. The average molecular weight is 459 g/mol. The number of aryl methyl sites for hydroxylation is 1.